The summed E-state index contributed by atoms with van der Waals surface area (Å²) in [5.74, 6) is 0.400. The predicted molar refractivity (Wildman–Crippen MR) is 34.8 cm³/mol. The summed E-state index contributed by atoms with van der Waals surface area (Å²) in [4.78, 5) is 12.7. The summed E-state index contributed by atoms with van der Waals surface area (Å²) in [7, 11) is 1.81. The molecule has 1 saturated heterocycles. The summed E-state index contributed by atoms with van der Waals surface area (Å²) in [6, 6.07) is 0. The van der Waals surface area contributed by atoms with E-state index in [9.17, 15) is 4.79 Å². The number of nitrogens with one attached hydrogen (secondary N) is 1. The van der Waals surface area contributed by atoms with Crippen LogP contribution in [-0.4, -0.2) is 31.1 Å². The molecule has 9 heavy (non-hydrogen) atoms. The van der Waals surface area contributed by atoms with Crippen molar-refractivity contribution in [3.63, 3.8) is 0 Å². The number of carbonyl (C=O) groups is 1. The fraction of sp³-hybridized carbons (Fsp3) is 0.833. The summed E-state index contributed by atoms with van der Waals surface area (Å²) >= 11 is 0. The van der Waals surface area contributed by atoms with Gasteiger partial charge in [0.25, 0.3) is 0 Å². The molecule has 1 amide bonds. The molecule has 1 N–H and O–H groups in total. The van der Waals surface area contributed by atoms with Crippen molar-refractivity contribution in [3.8, 4) is 0 Å². The van der Waals surface area contributed by atoms with Crippen LogP contribution in [0.2, 0.25) is 0 Å². The van der Waals surface area contributed by atoms with Crippen LogP contribution in [0.3, 0.4) is 0 Å². The van der Waals surface area contributed by atoms with E-state index in [4.69, 9.17) is 0 Å². The third kappa shape index (κ3) is 1.21. The predicted octanol–water partition coefficient (Wildman–Crippen LogP) is -0.358. The van der Waals surface area contributed by atoms with Crippen LogP contribution >= 0.6 is 0 Å². The van der Waals surface area contributed by atoms with Gasteiger partial charge in [0.2, 0.25) is 5.91 Å². The van der Waals surface area contributed by atoms with Crippen LogP contribution in [0.25, 0.3) is 0 Å². The molecule has 0 aliphatic carbocycles. The maximum atomic E-state index is 11.0. The van der Waals surface area contributed by atoms with Crippen LogP contribution in [0.5, 0.6) is 0 Å². The van der Waals surface area contributed by atoms with Crippen LogP contribution < -0.4 is 5.32 Å². The van der Waals surface area contributed by atoms with Gasteiger partial charge in [0.15, 0.2) is 0 Å². The summed E-state index contributed by atoms with van der Waals surface area (Å²) in [5.41, 5.74) is 0. The highest BCUT2D eigenvalue weighted by atomic mass is 16.2. The van der Waals surface area contributed by atoms with Crippen LogP contribution in [0.1, 0.15) is 6.92 Å². The lowest BCUT2D eigenvalue weighted by atomic mass is 10.1. The van der Waals surface area contributed by atoms with Crippen LogP contribution in [0.15, 0.2) is 0 Å². The molecule has 0 aromatic carbocycles. The Bertz CT molecular complexity index is 112. The van der Waals surface area contributed by atoms with E-state index in [-0.39, 0.29) is 11.8 Å². The Morgan fingerprint density at radius 3 is 2.89 bits per heavy atom. The first-order valence-electron chi connectivity index (χ1n) is 3.17. The minimum atomic E-state index is 0.156. The van der Waals surface area contributed by atoms with Crippen LogP contribution in [0.4, 0.5) is 0 Å². The molecule has 52 valence electrons. The van der Waals surface area contributed by atoms with Crippen molar-refractivity contribution in [1.29, 1.82) is 0 Å². The lowest BCUT2D eigenvalue weighted by Crippen LogP contribution is -2.48. The van der Waals surface area contributed by atoms with E-state index in [1.807, 2.05) is 14.0 Å². The second kappa shape index (κ2) is 2.35. The highest BCUT2D eigenvalue weighted by Crippen LogP contribution is 2.02. The van der Waals surface area contributed by atoms with Gasteiger partial charge in [-0.3, -0.25) is 10.1 Å². The van der Waals surface area contributed by atoms with E-state index < -0.39 is 0 Å². The second-order valence-corrected chi connectivity index (χ2v) is 2.55. The minimum Gasteiger partial charge on any atom is -0.333 e. The normalized spacial score (nSPS) is 28.9. The quantitative estimate of drug-likeness (QED) is 0.483. The molecule has 1 aliphatic heterocycles. The highest BCUT2D eigenvalue weighted by molar-refractivity contribution is 5.79. The van der Waals surface area contributed by atoms with Gasteiger partial charge in [-0.1, -0.05) is 6.92 Å². The Balaban J connectivity index is 2.52. The highest BCUT2D eigenvalue weighted by Gasteiger charge is 2.20. The zero-order valence-electron chi connectivity index (χ0n) is 5.85. The third-order valence-electron chi connectivity index (χ3n) is 1.60. The minimum absolute atomic E-state index is 0.156. The van der Waals surface area contributed by atoms with Gasteiger partial charge < -0.3 is 4.90 Å². The standard InChI is InChI=1S/C6H12N2O/c1-5-3-7-4-8(2)6(5)9/h5,7H,3-4H2,1-2H3/t5-/m1/s1. The maximum Gasteiger partial charge on any atom is 0.227 e. The maximum absolute atomic E-state index is 11.0. The molecule has 0 saturated carbocycles. The molecule has 0 bridgehead atoms. The van der Waals surface area contributed by atoms with Gasteiger partial charge in [0, 0.05) is 19.5 Å². The third-order valence-corrected chi connectivity index (χ3v) is 1.60. The molecule has 0 aromatic rings. The van der Waals surface area contributed by atoms with Gasteiger partial charge in [0.1, 0.15) is 0 Å². The summed E-state index contributed by atoms with van der Waals surface area (Å²) in [6.45, 7) is 3.46. The Morgan fingerprint density at radius 1 is 1.78 bits per heavy atom. The Kier molecular flexibility index (Phi) is 1.71. The lowest BCUT2D eigenvalue weighted by Gasteiger charge is -2.27. The van der Waals surface area contributed by atoms with Gasteiger partial charge in [0.05, 0.1) is 6.67 Å². The van der Waals surface area contributed by atoms with Crippen molar-refractivity contribution in [2.24, 2.45) is 5.92 Å². The van der Waals surface area contributed by atoms with Crippen molar-refractivity contribution in [1.82, 2.24) is 10.2 Å². The summed E-state index contributed by atoms with van der Waals surface area (Å²) < 4.78 is 0. The van der Waals surface area contributed by atoms with E-state index in [1.165, 1.54) is 0 Å². The molecular formula is C6H12N2O. The summed E-state index contributed by atoms with van der Waals surface area (Å²) in [5, 5.41) is 3.12. The first-order valence-corrected chi connectivity index (χ1v) is 3.17. The van der Waals surface area contributed by atoms with Crippen molar-refractivity contribution >= 4 is 5.91 Å². The Labute approximate surface area is 55.0 Å². The van der Waals surface area contributed by atoms with E-state index in [0.717, 1.165) is 6.54 Å². The molecule has 1 aliphatic rings. The topological polar surface area (TPSA) is 32.3 Å². The fourth-order valence-electron chi connectivity index (χ4n) is 0.990. The molecule has 1 fully saturated rings. The SMILES string of the molecule is C[C@@H]1CNCN(C)C1=O. The second-order valence-electron chi connectivity index (χ2n) is 2.55. The van der Waals surface area contributed by atoms with Gasteiger partial charge in [-0.2, -0.15) is 0 Å². The smallest absolute Gasteiger partial charge is 0.227 e. The molecule has 1 heterocycles. The molecule has 3 heteroatoms. The molecule has 1 atom stereocenters. The number of nitrogens with zero attached hydrogens (tertiary/aromatic N) is 1. The monoisotopic (exact) mass is 128 g/mol. The average molecular weight is 128 g/mol. The van der Waals surface area contributed by atoms with Crippen LogP contribution in [-0.2, 0) is 4.79 Å². The zero-order chi connectivity index (χ0) is 6.85. The van der Waals surface area contributed by atoms with E-state index >= 15 is 0 Å². The van der Waals surface area contributed by atoms with Crippen LogP contribution in [0, 0.1) is 5.92 Å². The molecule has 1 rings (SSSR count). The molecule has 3 nitrogen and oxygen atoms in total. The van der Waals surface area contributed by atoms with E-state index in [2.05, 4.69) is 5.32 Å². The van der Waals surface area contributed by atoms with Crippen molar-refractivity contribution in [3.05, 3.63) is 0 Å². The van der Waals surface area contributed by atoms with E-state index in [1.54, 1.807) is 4.90 Å². The number of hydrogen-bond donors (Lipinski definition) is 1. The van der Waals surface area contributed by atoms with E-state index in [0.29, 0.717) is 6.67 Å². The first kappa shape index (κ1) is 6.55. The molecule has 0 spiro atoms. The van der Waals surface area contributed by atoms with Crippen molar-refractivity contribution in [2.75, 3.05) is 20.3 Å². The Morgan fingerprint density at radius 2 is 2.44 bits per heavy atom. The number of rotatable bonds is 0. The van der Waals surface area contributed by atoms with Gasteiger partial charge in [-0.15, -0.1) is 0 Å². The van der Waals surface area contributed by atoms with Gasteiger partial charge in [-0.25, -0.2) is 0 Å². The zero-order valence-corrected chi connectivity index (χ0v) is 5.85. The molecule has 0 radical (unpaired) electrons. The Hall–Kier alpha value is -0.570. The lowest BCUT2D eigenvalue weighted by molar-refractivity contribution is -0.136. The number of carbonyl (C=O) groups excluding carboxylic acids is 1. The molecule has 0 unspecified atom stereocenters. The molecule has 0 aromatic heterocycles. The molecular weight excluding hydrogens is 116 g/mol. The number of amides is 1. The number of hydrogen-bond acceptors (Lipinski definition) is 2. The average Bonchev–Trinajstić information content (AvgIpc) is 1.83. The van der Waals surface area contributed by atoms with Crippen molar-refractivity contribution in [2.45, 2.75) is 6.92 Å². The van der Waals surface area contributed by atoms with Gasteiger partial charge >= 0.3 is 0 Å². The first-order chi connectivity index (χ1) is 4.22. The fourth-order valence-corrected chi connectivity index (χ4v) is 0.990. The van der Waals surface area contributed by atoms with Crippen molar-refractivity contribution < 1.29 is 4.79 Å². The van der Waals surface area contributed by atoms with Gasteiger partial charge in [-0.05, 0) is 0 Å². The summed E-state index contributed by atoms with van der Waals surface area (Å²) in [6.07, 6.45) is 0. The largest absolute Gasteiger partial charge is 0.333 e.